The molecule has 1 heterocycles. The van der Waals surface area contributed by atoms with Crippen LogP contribution in [0.4, 0.5) is 0 Å². The highest BCUT2D eigenvalue weighted by molar-refractivity contribution is 5.85. The average molecular weight is 337 g/mol. The largest absolute Gasteiger partial charge is 0.351 e. The second-order valence-electron chi connectivity index (χ2n) is 5.50. The predicted octanol–water partition coefficient (Wildman–Crippen LogP) is 2.68. The van der Waals surface area contributed by atoms with Crippen molar-refractivity contribution in [3.8, 4) is 5.69 Å². The van der Waals surface area contributed by atoms with Gasteiger partial charge in [0.25, 0.3) is 0 Å². The van der Waals surface area contributed by atoms with E-state index in [1.54, 1.807) is 10.9 Å². The second-order valence-corrected chi connectivity index (χ2v) is 5.50. The monoisotopic (exact) mass is 336 g/mol. The summed E-state index contributed by atoms with van der Waals surface area (Å²) in [5, 5.41) is 7.31. The standard InChI is InChI=1S/C17H24N4O.ClH/c1-3-17(4-2,13-18)16(22)19-10-14-11-20-21(12-14)15-8-6-5-7-9-15;/h5-9,11-12H,3-4,10,13,18H2,1-2H3,(H,19,22);1H. The van der Waals surface area contributed by atoms with Gasteiger partial charge in [0, 0.05) is 24.8 Å². The Morgan fingerprint density at radius 3 is 2.48 bits per heavy atom. The van der Waals surface area contributed by atoms with E-state index in [0.717, 1.165) is 24.1 Å². The highest BCUT2D eigenvalue weighted by Gasteiger charge is 2.32. The summed E-state index contributed by atoms with van der Waals surface area (Å²) in [4.78, 5) is 12.4. The lowest BCUT2D eigenvalue weighted by Gasteiger charge is -2.28. The van der Waals surface area contributed by atoms with Gasteiger partial charge < -0.3 is 11.1 Å². The third-order valence-electron chi connectivity index (χ3n) is 4.34. The Kier molecular flexibility index (Phi) is 7.26. The van der Waals surface area contributed by atoms with Crippen LogP contribution in [0.5, 0.6) is 0 Å². The van der Waals surface area contributed by atoms with Gasteiger partial charge in [-0.2, -0.15) is 5.10 Å². The van der Waals surface area contributed by atoms with E-state index in [-0.39, 0.29) is 18.3 Å². The number of nitrogens with zero attached hydrogens (tertiary/aromatic N) is 2. The molecule has 1 aromatic carbocycles. The van der Waals surface area contributed by atoms with Crippen LogP contribution in [0.25, 0.3) is 5.69 Å². The molecule has 0 aliphatic rings. The van der Waals surface area contributed by atoms with Gasteiger partial charge in [-0.3, -0.25) is 4.79 Å². The number of hydrogen-bond donors (Lipinski definition) is 2. The zero-order valence-electron chi connectivity index (χ0n) is 13.7. The molecular formula is C17H25ClN4O. The summed E-state index contributed by atoms with van der Waals surface area (Å²) in [6.45, 7) is 4.84. The van der Waals surface area contributed by atoms with E-state index in [9.17, 15) is 4.79 Å². The van der Waals surface area contributed by atoms with Crippen LogP contribution in [0.2, 0.25) is 0 Å². The van der Waals surface area contributed by atoms with Gasteiger partial charge in [-0.15, -0.1) is 12.4 Å². The molecule has 5 nitrogen and oxygen atoms in total. The third kappa shape index (κ3) is 4.33. The molecule has 0 aliphatic heterocycles. The molecule has 6 heteroatoms. The first-order valence-corrected chi connectivity index (χ1v) is 7.72. The first kappa shape index (κ1) is 19.2. The van der Waals surface area contributed by atoms with Crippen LogP contribution >= 0.6 is 12.4 Å². The number of para-hydroxylation sites is 1. The van der Waals surface area contributed by atoms with Crippen LogP contribution in [0.15, 0.2) is 42.7 Å². The molecule has 0 bridgehead atoms. The van der Waals surface area contributed by atoms with Crippen LogP contribution in [0.3, 0.4) is 0 Å². The van der Waals surface area contributed by atoms with E-state index in [2.05, 4.69) is 10.4 Å². The minimum Gasteiger partial charge on any atom is -0.351 e. The Morgan fingerprint density at radius 1 is 1.26 bits per heavy atom. The highest BCUT2D eigenvalue weighted by Crippen LogP contribution is 2.25. The van der Waals surface area contributed by atoms with Gasteiger partial charge in [0.1, 0.15) is 0 Å². The number of carbonyl (C=O) groups is 1. The number of aromatic nitrogens is 2. The minimum absolute atomic E-state index is 0. The van der Waals surface area contributed by atoms with Crippen molar-refractivity contribution in [3.63, 3.8) is 0 Å². The highest BCUT2D eigenvalue weighted by atomic mass is 35.5. The molecule has 3 N–H and O–H groups in total. The summed E-state index contributed by atoms with van der Waals surface area (Å²) in [5.41, 5.74) is 7.31. The number of hydrogen-bond acceptors (Lipinski definition) is 3. The molecule has 2 rings (SSSR count). The molecule has 0 fully saturated rings. The Labute approximate surface area is 143 Å². The summed E-state index contributed by atoms with van der Waals surface area (Å²) in [5.74, 6) is 0.0208. The van der Waals surface area contributed by atoms with Crippen molar-refractivity contribution < 1.29 is 4.79 Å². The summed E-state index contributed by atoms with van der Waals surface area (Å²) in [7, 11) is 0. The first-order valence-electron chi connectivity index (χ1n) is 7.72. The van der Waals surface area contributed by atoms with E-state index in [4.69, 9.17) is 5.73 Å². The van der Waals surface area contributed by atoms with Crippen molar-refractivity contribution in [1.29, 1.82) is 0 Å². The predicted molar refractivity (Wildman–Crippen MR) is 94.7 cm³/mol. The lowest BCUT2D eigenvalue weighted by molar-refractivity contribution is -0.131. The van der Waals surface area contributed by atoms with Crippen molar-refractivity contribution in [3.05, 3.63) is 48.3 Å². The van der Waals surface area contributed by atoms with Crippen LogP contribution in [0.1, 0.15) is 32.3 Å². The van der Waals surface area contributed by atoms with Crippen molar-refractivity contribution >= 4 is 18.3 Å². The van der Waals surface area contributed by atoms with E-state index in [1.807, 2.05) is 50.4 Å². The molecule has 0 aliphatic carbocycles. The lowest BCUT2D eigenvalue weighted by atomic mass is 9.81. The summed E-state index contributed by atoms with van der Waals surface area (Å²) in [6, 6.07) is 9.88. The molecule has 0 saturated carbocycles. The molecule has 126 valence electrons. The molecule has 0 radical (unpaired) electrons. The normalized spacial score (nSPS) is 10.9. The minimum atomic E-state index is -0.463. The fraction of sp³-hybridized carbons (Fsp3) is 0.412. The van der Waals surface area contributed by atoms with Gasteiger partial charge in [0.15, 0.2) is 0 Å². The van der Waals surface area contributed by atoms with Crippen molar-refractivity contribution in [2.45, 2.75) is 33.2 Å². The number of nitrogens with one attached hydrogen (secondary N) is 1. The number of benzene rings is 1. The van der Waals surface area contributed by atoms with Crippen LogP contribution in [-0.2, 0) is 11.3 Å². The quantitative estimate of drug-likeness (QED) is 0.816. The zero-order chi connectivity index (χ0) is 16.0. The SMILES string of the molecule is CCC(CC)(CN)C(=O)NCc1cnn(-c2ccccc2)c1.Cl. The smallest absolute Gasteiger partial charge is 0.227 e. The van der Waals surface area contributed by atoms with Crippen molar-refractivity contribution in [2.24, 2.45) is 11.1 Å². The number of nitrogens with two attached hydrogens (primary N) is 1. The Morgan fingerprint density at radius 2 is 1.91 bits per heavy atom. The van der Waals surface area contributed by atoms with Gasteiger partial charge >= 0.3 is 0 Å². The molecule has 1 amide bonds. The number of carbonyl (C=O) groups excluding carboxylic acids is 1. The fourth-order valence-electron chi connectivity index (χ4n) is 2.50. The molecule has 2 aromatic rings. The molecule has 0 unspecified atom stereocenters. The van der Waals surface area contributed by atoms with Gasteiger partial charge in [-0.25, -0.2) is 4.68 Å². The number of halogens is 1. The Hall–Kier alpha value is -1.85. The summed E-state index contributed by atoms with van der Waals surface area (Å²) < 4.78 is 1.80. The van der Waals surface area contributed by atoms with Gasteiger partial charge in [-0.05, 0) is 25.0 Å². The molecule has 0 saturated heterocycles. The van der Waals surface area contributed by atoms with Crippen LogP contribution in [-0.4, -0.2) is 22.2 Å². The average Bonchev–Trinajstić information content (AvgIpc) is 3.05. The van der Waals surface area contributed by atoms with Crippen molar-refractivity contribution in [2.75, 3.05) is 6.54 Å². The summed E-state index contributed by atoms with van der Waals surface area (Å²) >= 11 is 0. The molecule has 0 spiro atoms. The number of rotatable bonds is 7. The Bertz CT molecular complexity index is 600. The van der Waals surface area contributed by atoms with Gasteiger partial charge in [0.05, 0.1) is 17.3 Å². The molecule has 23 heavy (non-hydrogen) atoms. The molecule has 0 atom stereocenters. The van der Waals surface area contributed by atoms with Gasteiger partial charge in [0.2, 0.25) is 5.91 Å². The fourth-order valence-corrected chi connectivity index (χ4v) is 2.50. The molecular weight excluding hydrogens is 312 g/mol. The zero-order valence-corrected chi connectivity index (χ0v) is 14.5. The Balaban J connectivity index is 0.00000264. The van der Waals surface area contributed by atoms with Crippen molar-refractivity contribution in [1.82, 2.24) is 15.1 Å². The second kappa shape index (κ2) is 8.70. The van der Waals surface area contributed by atoms with Crippen LogP contribution < -0.4 is 11.1 Å². The first-order chi connectivity index (χ1) is 10.6. The maximum atomic E-state index is 12.4. The third-order valence-corrected chi connectivity index (χ3v) is 4.34. The van der Waals surface area contributed by atoms with E-state index in [1.165, 1.54) is 0 Å². The molecule has 1 aromatic heterocycles. The summed E-state index contributed by atoms with van der Waals surface area (Å²) in [6.07, 6.45) is 5.19. The lowest BCUT2D eigenvalue weighted by Crippen LogP contribution is -2.44. The number of amides is 1. The van der Waals surface area contributed by atoms with Gasteiger partial charge in [-0.1, -0.05) is 32.0 Å². The topological polar surface area (TPSA) is 72.9 Å². The van der Waals surface area contributed by atoms with E-state index < -0.39 is 5.41 Å². The maximum Gasteiger partial charge on any atom is 0.227 e. The van der Waals surface area contributed by atoms with E-state index >= 15 is 0 Å². The maximum absolute atomic E-state index is 12.4. The van der Waals surface area contributed by atoms with E-state index in [0.29, 0.717) is 13.1 Å². The van der Waals surface area contributed by atoms with Crippen LogP contribution in [0, 0.1) is 5.41 Å².